The van der Waals surface area contributed by atoms with Gasteiger partial charge in [-0.05, 0) is 44.4 Å². The molecule has 1 N–H and O–H groups in total. The highest BCUT2D eigenvalue weighted by Gasteiger charge is 2.43. The predicted molar refractivity (Wildman–Crippen MR) is 67.4 cm³/mol. The van der Waals surface area contributed by atoms with Gasteiger partial charge in [0.2, 0.25) is 0 Å². The Morgan fingerprint density at radius 2 is 1.88 bits per heavy atom. The summed E-state index contributed by atoms with van der Waals surface area (Å²) in [7, 11) is 0. The summed E-state index contributed by atoms with van der Waals surface area (Å²) in [5.74, 6) is 0. The second-order valence-electron chi connectivity index (χ2n) is 5.70. The molecule has 2 heteroatoms. The smallest absolute Gasteiger partial charge is 0.0943 e. The van der Waals surface area contributed by atoms with E-state index in [2.05, 4.69) is 20.4 Å². The van der Waals surface area contributed by atoms with Crippen molar-refractivity contribution in [3.05, 3.63) is 12.7 Å². The van der Waals surface area contributed by atoms with Crippen LogP contribution in [0.25, 0.3) is 0 Å². The van der Waals surface area contributed by atoms with E-state index in [-0.39, 0.29) is 5.60 Å². The summed E-state index contributed by atoms with van der Waals surface area (Å²) < 4.78 is 5.88. The van der Waals surface area contributed by atoms with Crippen LogP contribution in [-0.2, 0) is 4.74 Å². The average Bonchev–Trinajstić information content (AvgIpc) is 2.22. The van der Waals surface area contributed by atoms with Crippen LogP contribution in [0.15, 0.2) is 12.7 Å². The van der Waals surface area contributed by atoms with Gasteiger partial charge in [0.15, 0.2) is 0 Å². The fourth-order valence-corrected chi connectivity index (χ4v) is 2.58. The largest absolute Gasteiger partial charge is 0.390 e. The number of rotatable bonds is 5. The number of hydrogen-bond acceptors (Lipinski definition) is 2. The first-order valence-electron chi connectivity index (χ1n) is 6.39. The molecule has 0 amide bonds. The van der Waals surface area contributed by atoms with Gasteiger partial charge >= 0.3 is 0 Å². The van der Waals surface area contributed by atoms with Crippen LogP contribution >= 0.6 is 0 Å². The van der Waals surface area contributed by atoms with Gasteiger partial charge in [0.25, 0.3) is 0 Å². The highest BCUT2D eigenvalue weighted by molar-refractivity contribution is 4.97. The molecule has 1 aliphatic carbocycles. The average molecular weight is 226 g/mol. The molecule has 0 radical (unpaired) electrons. The van der Waals surface area contributed by atoms with Gasteiger partial charge in [-0.25, -0.2) is 0 Å². The molecule has 0 spiro atoms. The number of hydrogen-bond donors (Lipinski definition) is 1. The van der Waals surface area contributed by atoms with E-state index in [4.69, 9.17) is 4.74 Å². The van der Waals surface area contributed by atoms with Gasteiger partial charge in [0.1, 0.15) is 0 Å². The molecule has 1 unspecified atom stereocenters. The van der Waals surface area contributed by atoms with Gasteiger partial charge < -0.3 is 9.84 Å². The van der Waals surface area contributed by atoms with E-state index in [1.807, 2.05) is 6.92 Å². The molecule has 0 aliphatic heterocycles. The Morgan fingerprint density at radius 3 is 2.31 bits per heavy atom. The maximum absolute atomic E-state index is 10.2. The first-order valence-corrected chi connectivity index (χ1v) is 6.39. The molecule has 1 aliphatic rings. The van der Waals surface area contributed by atoms with Gasteiger partial charge in [-0.2, -0.15) is 0 Å². The summed E-state index contributed by atoms with van der Waals surface area (Å²) in [6.45, 7) is 11.0. The lowest BCUT2D eigenvalue weighted by Gasteiger charge is -2.45. The Balaban J connectivity index is 2.71. The van der Waals surface area contributed by atoms with E-state index in [1.165, 1.54) is 0 Å². The molecular weight excluding hydrogens is 200 g/mol. The third-order valence-corrected chi connectivity index (χ3v) is 3.88. The fourth-order valence-electron chi connectivity index (χ4n) is 2.58. The molecular formula is C14H26O2. The third kappa shape index (κ3) is 3.08. The number of aliphatic hydroxyl groups is 1. The topological polar surface area (TPSA) is 29.5 Å². The zero-order valence-electron chi connectivity index (χ0n) is 11.0. The van der Waals surface area contributed by atoms with Crippen LogP contribution in [0.3, 0.4) is 0 Å². The lowest BCUT2D eigenvalue weighted by molar-refractivity contribution is -0.150. The summed E-state index contributed by atoms with van der Waals surface area (Å²) in [5, 5.41) is 10.2. The molecule has 0 aromatic rings. The molecule has 94 valence electrons. The van der Waals surface area contributed by atoms with Crippen LogP contribution in [0.4, 0.5) is 0 Å². The first-order chi connectivity index (χ1) is 7.46. The van der Waals surface area contributed by atoms with Crippen molar-refractivity contribution in [2.75, 3.05) is 6.61 Å². The molecule has 1 rings (SSSR count). The van der Waals surface area contributed by atoms with E-state index in [1.54, 1.807) is 6.08 Å². The first kappa shape index (κ1) is 13.7. The summed E-state index contributed by atoms with van der Waals surface area (Å²) in [6, 6.07) is 0. The van der Waals surface area contributed by atoms with E-state index in [0.29, 0.717) is 18.4 Å². The van der Waals surface area contributed by atoms with Crippen LogP contribution < -0.4 is 0 Å². The molecule has 2 nitrogen and oxygen atoms in total. The van der Waals surface area contributed by atoms with Gasteiger partial charge in [-0.15, -0.1) is 6.58 Å². The molecule has 0 heterocycles. The van der Waals surface area contributed by atoms with Crippen molar-refractivity contribution >= 4 is 0 Å². The monoisotopic (exact) mass is 226 g/mol. The molecule has 0 bridgehead atoms. The van der Waals surface area contributed by atoms with Crippen LogP contribution in [0, 0.1) is 5.41 Å². The van der Waals surface area contributed by atoms with Crippen molar-refractivity contribution in [3.8, 4) is 0 Å². The maximum atomic E-state index is 10.2. The Morgan fingerprint density at radius 1 is 1.31 bits per heavy atom. The second-order valence-corrected chi connectivity index (χ2v) is 5.70. The Kier molecular flexibility index (Phi) is 4.57. The van der Waals surface area contributed by atoms with E-state index >= 15 is 0 Å². The normalized spacial score (nSPS) is 25.0. The summed E-state index contributed by atoms with van der Waals surface area (Å²) >= 11 is 0. The van der Waals surface area contributed by atoms with Gasteiger partial charge in [-0.1, -0.05) is 19.9 Å². The van der Waals surface area contributed by atoms with Crippen LogP contribution in [0.1, 0.15) is 52.9 Å². The van der Waals surface area contributed by atoms with Crippen LogP contribution in [0.5, 0.6) is 0 Å². The van der Waals surface area contributed by atoms with Gasteiger partial charge in [-0.3, -0.25) is 0 Å². The molecule has 0 aromatic heterocycles. The SMILES string of the molecule is C=CCC(O)C1(OCC)CCC(C)(C)CC1. The molecule has 1 atom stereocenters. The minimum atomic E-state index is -0.402. The molecule has 1 saturated carbocycles. The molecule has 1 fully saturated rings. The van der Waals surface area contributed by atoms with Crippen molar-refractivity contribution in [1.29, 1.82) is 0 Å². The number of ether oxygens (including phenoxy) is 1. The van der Waals surface area contributed by atoms with Gasteiger partial charge in [0.05, 0.1) is 11.7 Å². The van der Waals surface area contributed by atoms with Crippen molar-refractivity contribution < 1.29 is 9.84 Å². The Bertz CT molecular complexity index is 223. The predicted octanol–water partition coefficient (Wildman–Crippen LogP) is 3.30. The molecule has 16 heavy (non-hydrogen) atoms. The zero-order chi connectivity index (χ0) is 12.2. The fraction of sp³-hybridized carbons (Fsp3) is 0.857. The van der Waals surface area contributed by atoms with Crippen molar-refractivity contribution in [2.45, 2.75) is 64.6 Å². The van der Waals surface area contributed by atoms with E-state index in [9.17, 15) is 5.11 Å². The zero-order valence-corrected chi connectivity index (χ0v) is 11.0. The van der Waals surface area contributed by atoms with Crippen molar-refractivity contribution in [1.82, 2.24) is 0 Å². The molecule has 0 aromatic carbocycles. The summed E-state index contributed by atoms with van der Waals surface area (Å²) in [4.78, 5) is 0. The second kappa shape index (κ2) is 5.33. The van der Waals surface area contributed by atoms with E-state index in [0.717, 1.165) is 25.7 Å². The minimum absolute atomic E-state index is 0.321. The van der Waals surface area contributed by atoms with Gasteiger partial charge in [0, 0.05) is 6.61 Å². The lowest BCUT2D eigenvalue weighted by Crippen LogP contribution is -2.48. The highest BCUT2D eigenvalue weighted by atomic mass is 16.5. The Hall–Kier alpha value is -0.340. The summed E-state index contributed by atoms with van der Waals surface area (Å²) in [5.41, 5.74) is 0.0763. The lowest BCUT2D eigenvalue weighted by atomic mass is 9.68. The number of aliphatic hydroxyl groups excluding tert-OH is 1. The quantitative estimate of drug-likeness (QED) is 0.729. The highest BCUT2D eigenvalue weighted by Crippen LogP contribution is 2.44. The molecule has 0 saturated heterocycles. The van der Waals surface area contributed by atoms with Crippen molar-refractivity contribution in [3.63, 3.8) is 0 Å². The Labute approximate surface area is 99.7 Å². The minimum Gasteiger partial charge on any atom is -0.390 e. The third-order valence-electron chi connectivity index (χ3n) is 3.88. The van der Waals surface area contributed by atoms with Crippen LogP contribution in [0.2, 0.25) is 0 Å². The van der Waals surface area contributed by atoms with Crippen molar-refractivity contribution in [2.24, 2.45) is 5.41 Å². The summed E-state index contributed by atoms with van der Waals surface area (Å²) in [6.07, 6.45) is 6.18. The standard InChI is InChI=1S/C14H26O2/c1-5-7-12(15)14(16-6-2)10-8-13(3,4)9-11-14/h5,12,15H,1,6-11H2,2-4H3. The maximum Gasteiger partial charge on any atom is 0.0943 e. The van der Waals surface area contributed by atoms with E-state index < -0.39 is 6.10 Å². The van der Waals surface area contributed by atoms with Crippen LogP contribution in [-0.4, -0.2) is 23.4 Å².